The molecule has 4 aromatic carbocycles. The molecule has 6 aromatic rings. The summed E-state index contributed by atoms with van der Waals surface area (Å²) in [7, 11) is 0. The number of nitrogens with zero attached hydrogens (tertiary/aromatic N) is 2. The lowest BCUT2D eigenvalue weighted by atomic mass is 10.1. The third kappa shape index (κ3) is 2.96. The molecule has 1 aliphatic rings. The van der Waals surface area contributed by atoms with Crippen LogP contribution in [-0.4, -0.2) is 9.97 Å². The minimum absolute atomic E-state index is 0.0821. The maximum atomic E-state index is 8.57. The van der Waals surface area contributed by atoms with Gasteiger partial charge in [0.2, 0.25) is 5.55 Å². The summed E-state index contributed by atoms with van der Waals surface area (Å²) in [5.41, 5.74) is 6.45. The second-order valence-electron chi connectivity index (χ2n) is 8.19. The molecule has 0 radical (unpaired) electrons. The summed E-state index contributed by atoms with van der Waals surface area (Å²) < 4.78 is 6.03. The van der Waals surface area contributed by atoms with Gasteiger partial charge in [-0.2, -0.15) is 0 Å². The average molecular weight is 459 g/mol. The fourth-order valence-corrected chi connectivity index (χ4v) is 5.55. The fraction of sp³-hybridized carbons (Fsp3) is 0. The molecule has 3 heterocycles. The Morgan fingerprint density at radius 2 is 1.50 bits per heavy atom. The van der Waals surface area contributed by atoms with Gasteiger partial charge in [0.15, 0.2) is 0 Å². The van der Waals surface area contributed by atoms with Gasteiger partial charge in [0.25, 0.3) is 0 Å². The molecule has 2 N–H and O–H groups in total. The summed E-state index contributed by atoms with van der Waals surface area (Å²) in [6.07, 6.45) is 0. The molecule has 2 aromatic heterocycles. The number of para-hydroxylation sites is 4. The fourth-order valence-electron chi connectivity index (χ4n) is 4.49. The minimum Gasteiger partial charge on any atom is -0.438 e. The number of fused-ring (bicyclic) bond motifs is 4. The predicted octanol–water partition coefficient (Wildman–Crippen LogP) is 7.39. The van der Waals surface area contributed by atoms with Gasteiger partial charge >= 0.3 is 0 Å². The Morgan fingerprint density at radius 3 is 2.26 bits per heavy atom. The van der Waals surface area contributed by atoms with E-state index in [0.29, 0.717) is 17.0 Å². The standard InChI is InChI=1S/C28H18N4OS/c29-27-19(28-30-20-7-1-2-8-21(20)31-28)15-17-13-14-18(16-24(17)33-27)32-22-9-3-5-11-25(22)34-26-12-6-4-10-23(26)32/h1-16,29H,(H,30,31). The number of rotatable bonds is 2. The number of benzene rings is 4. The van der Waals surface area contributed by atoms with Crippen LogP contribution >= 0.6 is 11.8 Å². The van der Waals surface area contributed by atoms with Crippen LogP contribution in [0.5, 0.6) is 0 Å². The second-order valence-corrected chi connectivity index (χ2v) is 9.27. The van der Waals surface area contributed by atoms with Crippen molar-refractivity contribution in [3.05, 3.63) is 103 Å². The summed E-state index contributed by atoms with van der Waals surface area (Å²) in [5.74, 6) is 0.636. The summed E-state index contributed by atoms with van der Waals surface area (Å²) >= 11 is 1.78. The molecule has 0 spiro atoms. The Balaban J connectivity index is 1.38. The third-order valence-corrected chi connectivity index (χ3v) is 7.22. The Bertz CT molecular complexity index is 1710. The molecule has 0 atom stereocenters. The first kappa shape index (κ1) is 19.2. The molecule has 0 unspecified atom stereocenters. The zero-order valence-electron chi connectivity index (χ0n) is 17.9. The van der Waals surface area contributed by atoms with Crippen LogP contribution in [0.15, 0.2) is 111 Å². The van der Waals surface area contributed by atoms with Gasteiger partial charge < -0.3 is 14.3 Å². The van der Waals surface area contributed by atoms with Crippen LogP contribution in [0.4, 0.5) is 17.1 Å². The number of anilines is 3. The van der Waals surface area contributed by atoms with Crippen molar-refractivity contribution in [2.24, 2.45) is 0 Å². The first-order valence-electron chi connectivity index (χ1n) is 11.0. The van der Waals surface area contributed by atoms with E-state index < -0.39 is 0 Å². The monoisotopic (exact) mass is 458 g/mol. The van der Waals surface area contributed by atoms with E-state index in [4.69, 9.17) is 9.83 Å². The Morgan fingerprint density at radius 1 is 0.794 bits per heavy atom. The molecule has 0 saturated carbocycles. The van der Waals surface area contributed by atoms with Crippen LogP contribution in [0.25, 0.3) is 33.4 Å². The molecule has 0 aliphatic carbocycles. The number of nitrogens with one attached hydrogen (secondary N) is 2. The first-order chi connectivity index (χ1) is 16.7. The Hall–Kier alpha value is -4.29. The number of aromatic nitrogens is 2. The molecule has 7 rings (SSSR count). The van der Waals surface area contributed by atoms with Crippen molar-refractivity contribution in [2.75, 3.05) is 4.90 Å². The van der Waals surface area contributed by atoms with Gasteiger partial charge in [-0.05, 0) is 54.6 Å². The molecule has 1 aliphatic heterocycles. The Kier molecular flexibility index (Phi) is 4.16. The number of hydrogen-bond donors (Lipinski definition) is 2. The topological polar surface area (TPSA) is 68.9 Å². The predicted molar refractivity (Wildman–Crippen MR) is 136 cm³/mol. The summed E-state index contributed by atoms with van der Waals surface area (Å²) in [5, 5.41) is 9.49. The van der Waals surface area contributed by atoms with E-state index >= 15 is 0 Å². The summed E-state index contributed by atoms with van der Waals surface area (Å²) in [6.45, 7) is 0. The molecular formula is C28H18N4OS. The smallest absolute Gasteiger partial charge is 0.223 e. The minimum atomic E-state index is 0.0821. The van der Waals surface area contributed by atoms with Crippen molar-refractivity contribution in [2.45, 2.75) is 9.79 Å². The Labute approximate surface area is 199 Å². The van der Waals surface area contributed by atoms with E-state index in [1.54, 1.807) is 11.8 Å². The summed E-state index contributed by atoms with van der Waals surface area (Å²) in [4.78, 5) is 12.6. The largest absolute Gasteiger partial charge is 0.438 e. The van der Waals surface area contributed by atoms with E-state index in [0.717, 1.165) is 33.5 Å². The third-order valence-electron chi connectivity index (χ3n) is 6.09. The van der Waals surface area contributed by atoms with Crippen molar-refractivity contribution in [1.82, 2.24) is 9.97 Å². The summed E-state index contributed by atoms with van der Waals surface area (Å²) in [6, 6.07) is 32.8. The van der Waals surface area contributed by atoms with Crippen LogP contribution in [0.1, 0.15) is 0 Å². The van der Waals surface area contributed by atoms with Crippen molar-refractivity contribution in [1.29, 1.82) is 5.41 Å². The van der Waals surface area contributed by atoms with Crippen LogP contribution < -0.4 is 10.5 Å². The van der Waals surface area contributed by atoms with Gasteiger partial charge in [-0.25, -0.2) is 4.98 Å². The molecule has 162 valence electrons. The van der Waals surface area contributed by atoms with E-state index in [2.05, 4.69) is 69.5 Å². The molecule has 0 amide bonds. The lowest BCUT2D eigenvalue weighted by Crippen LogP contribution is -2.14. The lowest BCUT2D eigenvalue weighted by molar-refractivity contribution is 0.535. The maximum Gasteiger partial charge on any atom is 0.223 e. The van der Waals surface area contributed by atoms with Crippen LogP contribution in [0, 0.1) is 5.41 Å². The van der Waals surface area contributed by atoms with Gasteiger partial charge in [0.1, 0.15) is 11.4 Å². The van der Waals surface area contributed by atoms with Gasteiger partial charge in [-0.3, -0.25) is 5.41 Å². The number of hydrogen-bond acceptors (Lipinski definition) is 5. The molecule has 5 nitrogen and oxygen atoms in total. The van der Waals surface area contributed by atoms with Crippen molar-refractivity contribution >= 4 is 50.8 Å². The molecule has 6 heteroatoms. The maximum absolute atomic E-state index is 8.57. The van der Waals surface area contributed by atoms with Gasteiger partial charge in [0.05, 0.1) is 28.0 Å². The highest BCUT2D eigenvalue weighted by Crippen LogP contribution is 2.51. The van der Waals surface area contributed by atoms with Crippen LogP contribution in [0.2, 0.25) is 0 Å². The highest BCUT2D eigenvalue weighted by atomic mass is 32.2. The normalized spacial score (nSPS) is 12.6. The molecule has 0 saturated heterocycles. The van der Waals surface area contributed by atoms with Crippen molar-refractivity contribution in [3.8, 4) is 11.4 Å². The highest BCUT2D eigenvalue weighted by molar-refractivity contribution is 7.99. The van der Waals surface area contributed by atoms with E-state index in [1.807, 2.05) is 42.5 Å². The zero-order chi connectivity index (χ0) is 22.6. The van der Waals surface area contributed by atoms with Gasteiger partial charge in [-0.1, -0.05) is 48.2 Å². The molecule has 0 fully saturated rings. The molecule has 34 heavy (non-hydrogen) atoms. The van der Waals surface area contributed by atoms with Crippen molar-refractivity contribution in [3.63, 3.8) is 0 Å². The van der Waals surface area contributed by atoms with Crippen LogP contribution in [-0.2, 0) is 0 Å². The van der Waals surface area contributed by atoms with Gasteiger partial charge in [0, 0.05) is 26.9 Å². The number of imidazole rings is 1. The SMILES string of the molecule is N=c1oc2cc(N3c4ccccc4Sc4ccccc43)ccc2cc1-c1nc2ccccc2[nH]1. The highest BCUT2D eigenvalue weighted by Gasteiger charge is 2.24. The number of aromatic amines is 1. The zero-order valence-corrected chi connectivity index (χ0v) is 18.8. The molecular weight excluding hydrogens is 440 g/mol. The van der Waals surface area contributed by atoms with Gasteiger partial charge in [-0.15, -0.1) is 0 Å². The first-order valence-corrected chi connectivity index (χ1v) is 11.8. The molecule has 0 bridgehead atoms. The number of H-pyrrole nitrogens is 1. The lowest BCUT2D eigenvalue weighted by Gasteiger charge is -2.32. The quantitative estimate of drug-likeness (QED) is 0.283. The van der Waals surface area contributed by atoms with E-state index in [9.17, 15) is 0 Å². The van der Waals surface area contributed by atoms with Crippen molar-refractivity contribution < 1.29 is 4.42 Å². The average Bonchev–Trinajstić information content (AvgIpc) is 3.30. The van der Waals surface area contributed by atoms with Crippen LogP contribution in [0.3, 0.4) is 0 Å². The van der Waals surface area contributed by atoms with E-state index in [1.165, 1.54) is 9.79 Å². The second kappa shape index (κ2) is 7.37. The van der Waals surface area contributed by atoms with E-state index in [-0.39, 0.29) is 5.55 Å².